The number of nitrogens with one attached hydrogen (secondary N) is 1. The second-order valence-electron chi connectivity index (χ2n) is 3.81. The maximum atomic E-state index is 13.4. The van der Waals surface area contributed by atoms with Gasteiger partial charge in [-0.3, -0.25) is 0 Å². The molecule has 2 nitrogen and oxygen atoms in total. The van der Waals surface area contributed by atoms with Gasteiger partial charge in [0.1, 0.15) is 16.6 Å². The van der Waals surface area contributed by atoms with Gasteiger partial charge in [0.25, 0.3) is 0 Å². The van der Waals surface area contributed by atoms with Crippen LogP contribution >= 0.6 is 28.1 Å². The first kappa shape index (κ1) is 13.9. The lowest BCUT2D eigenvalue weighted by atomic mass is 10.1. The van der Waals surface area contributed by atoms with E-state index >= 15 is 0 Å². The van der Waals surface area contributed by atoms with Crippen LogP contribution in [0.15, 0.2) is 40.9 Å². The SMILES string of the molecule is NC(=S)c1cc(F)ccc1Nc1ccc(Br)c(F)c1. The molecule has 2 aromatic rings. The Bertz CT molecular complexity index is 647. The third kappa shape index (κ3) is 3.27. The van der Waals surface area contributed by atoms with Gasteiger partial charge in [-0.2, -0.15) is 0 Å². The minimum atomic E-state index is -0.435. The fourth-order valence-corrected chi connectivity index (χ4v) is 1.97. The van der Waals surface area contributed by atoms with E-state index in [1.807, 2.05) is 0 Å². The molecule has 0 aromatic heterocycles. The Morgan fingerprint density at radius 1 is 1.16 bits per heavy atom. The molecule has 0 aliphatic carbocycles. The standard InChI is InChI=1S/C13H9BrF2N2S/c14-10-3-2-8(6-11(10)16)18-12-4-1-7(15)5-9(12)13(17)19/h1-6,18H,(H2,17,19). The van der Waals surface area contributed by atoms with Crippen molar-refractivity contribution in [2.75, 3.05) is 5.32 Å². The van der Waals surface area contributed by atoms with Crippen LogP contribution in [0, 0.1) is 11.6 Å². The van der Waals surface area contributed by atoms with Crippen molar-refractivity contribution in [3.05, 3.63) is 58.1 Å². The predicted octanol–water partition coefficient (Wildman–Crippen LogP) is 4.11. The summed E-state index contributed by atoms with van der Waals surface area (Å²) >= 11 is 7.93. The number of nitrogens with two attached hydrogens (primary N) is 1. The van der Waals surface area contributed by atoms with Crippen molar-refractivity contribution in [2.24, 2.45) is 5.73 Å². The van der Waals surface area contributed by atoms with Gasteiger partial charge in [0.15, 0.2) is 0 Å². The molecule has 0 heterocycles. The van der Waals surface area contributed by atoms with Crippen LogP contribution in [-0.4, -0.2) is 4.99 Å². The largest absolute Gasteiger partial charge is 0.389 e. The fraction of sp³-hybridized carbons (Fsp3) is 0. The molecule has 2 aromatic carbocycles. The molecule has 0 radical (unpaired) electrons. The van der Waals surface area contributed by atoms with E-state index in [9.17, 15) is 8.78 Å². The number of thiocarbonyl (C=S) groups is 1. The van der Waals surface area contributed by atoms with E-state index in [4.69, 9.17) is 18.0 Å². The maximum absolute atomic E-state index is 13.4. The van der Waals surface area contributed by atoms with Gasteiger partial charge in [0.2, 0.25) is 0 Å². The summed E-state index contributed by atoms with van der Waals surface area (Å²) in [7, 11) is 0. The Morgan fingerprint density at radius 3 is 2.53 bits per heavy atom. The molecule has 0 aliphatic heterocycles. The summed E-state index contributed by atoms with van der Waals surface area (Å²) < 4.78 is 26.9. The fourth-order valence-electron chi connectivity index (χ4n) is 1.56. The number of anilines is 2. The van der Waals surface area contributed by atoms with E-state index < -0.39 is 11.6 Å². The van der Waals surface area contributed by atoms with Crippen molar-refractivity contribution in [1.82, 2.24) is 0 Å². The molecule has 0 saturated heterocycles. The van der Waals surface area contributed by atoms with E-state index in [-0.39, 0.29) is 4.99 Å². The molecule has 0 saturated carbocycles. The summed E-state index contributed by atoms with van der Waals surface area (Å²) in [5.74, 6) is -0.834. The van der Waals surface area contributed by atoms with Gasteiger partial charge in [0.05, 0.1) is 4.47 Å². The molecule has 0 amide bonds. The molecule has 19 heavy (non-hydrogen) atoms. The van der Waals surface area contributed by atoms with Crippen LogP contribution in [0.2, 0.25) is 0 Å². The van der Waals surface area contributed by atoms with Crippen LogP contribution in [-0.2, 0) is 0 Å². The van der Waals surface area contributed by atoms with Crippen molar-refractivity contribution in [3.63, 3.8) is 0 Å². The smallest absolute Gasteiger partial charge is 0.139 e. The molecular weight excluding hydrogens is 334 g/mol. The number of rotatable bonds is 3. The molecule has 0 atom stereocenters. The Labute approximate surface area is 122 Å². The third-order valence-corrected chi connectivity index (χ3v) is 3.31. The van der Waals surface area contributed by atoms with Gasteiger partial charge in [-0.15, -0.1) is 0 Å². The maximum Gasteiger partial charge on any atom is 0.139 e. The minimum Gasteiger partial charge on any atom is -0.389 e. The molecule has 0 spiro atoms. The molecular formula is C13H9BrF2N2S. The predicted molar refractivity (Wildman–Crippen MR) is 79.7 cm³/mol. The molecule has 2 rings (SSSR count). The second kappa shape index (κ2) is 5.63. The van der Waals surface area contributed by atoms with Gasteiger partial charge < -0.3 is 11.1 Å². The van der Waals surface area contributed by atoms with Crippen LogP contribution in [0.5, 0.6) is 0 Å². The van der Waals surface area contributed by atoms with E-state index in [1.165, 1.54) is 24.3 Å². The zero-order chi connectivity index (χ0) is 14.0. The quantitative estimate of drug-likeness (QED) is 0.824. The summed E-state index contributed by atoms with van der Waals surface area (Å²) in [6, 6.07) is 8.58. The van der Waals surface area contributed by atoms with Crippen LogP contribution in [0.1, 0.15) is 5.56 Å². The van der Waals surface area contributed by atoms with Gasteiger partial charge >= 0.3 is 0 Å². The van der Waals surface area contributed by atoms with E-state index in [0.717, 1.165) is 0 Å². The van der Waals surface area contributed by atoms with Crippen molar-refractivity contribution in [2.45, 2.75) is 0 Å². The van der Waals surface area contributed by atoms with Crippen LogP contribution < -0.4 is 11.1 Å². The first-order valence-corrected chi connectivity index (χ1v) is 6.49. The lowest BCUT2D eigenvalue weighted by molar-refractivity contribution is 0.621. The number of halogens is 3. The van der Waals surface area contributed by atoms with Crippen molar-refractivity contribution in [1.29, 1.82) is 0 Å². The molecule has 0 bridgehead atoms. The highest BCUT2D eigenvalue weighted by Gasteiger charge is 2.08. The Balaban J connectivity index is 2.37. The number of benzene rings is 2. The summed E-state index contributed by atoms with van der Waals surface area (Å²) in [5, 5.41) is 2.95. The highest BCUT2D eigenvalue weighted by molar-refractivity contribution is 9.10. The normalized spacial score (nSPS) is 10.3. The second-order valence-corrected chi connectivity index (χ2v) is 5.10. The zero-order valence-corrected chi connectivity index (χ0v) is 12.0. The highest BCUT2D eigenvalue weighted by atomic mass is 79.9. The van der Waals surface area contributed by atoms with Crippen molar-refractivity contribution >= 4 is 44.5 Å². The lowest BCUT2D eigenvalue weighted by Gasteiger charge is -2.11. The highest BCUT2D eigenvalue weighted by Crippen LogP contribution is 2.25. The zero-order valence-electron chi connectivity index (χ0n) is 9.58. The average molecular weight is 343 g/mol. The molecule has 98 valence electrons. The van der Waals surface area contributed by atoms with Crippen molar-refractivity contribution in [3.8, 4) is 0 Å². The topological polar surface area (TPSA) is 38.0 Å². The first-order valence-electron chi connectivity index (χ1n) is 5.29. The lowest BCUT2D eigenvalue weighted by Crippen LogP contribution is -2.12. The van der Waals surface area contributed by atoms with Crippen molar-refractivity contribution < 1.29 is 8.78 Å². The summed E-state index contributed by atoms with van der Waals surface area (Å²) in [4.78, 5) is 0.0691. The summed E-state index contributed by atoms with van der Waals surface area (Å²) in [6.07, 6.45) is 0. The van der Waals surface area contributed by atoms with Crippen LogP contribution in [0.4, 0.5) is 20.2 Å². The Morgan fingerprint density at radius 2 is 1.89 bits per heavy atom. The molecule has 0 fully saturated rings. The Kier molecular flexibility index (Phi) is 4.11. The number of hydrogen-bond acceptors (Lipinski definition) is 2. The summed E-state index contributed by atoms with van der Waals surface area (Å²) in [6.45, 7) is 0. The first-order chi connectivity index (χ1) is 8.97. The third-order valence-electron chi connectivity index (χ3n) is 2.45. The summed E-state index contributed by atoms with van der Waals surface area (Å²) in [5.41, 5.74) is 6.95. The van der Waals surface area contributed by atoms with Gasteiger partial charge in [0, 0.05) is 16.9 Å². The molecule has 0 unspecified atom stereocenters. The van der Waals surface area contributed by atoms with E-state index in [2.05, 4.69) is 21.2 Å². The number of hydrogen-bond donors (Lipinski definition) is 2. The molecule has 6 heteroatoms. The van der Waals surface area contributed by atoms with Gasteiger partial charge in [-0.05, 0) is 52.3 Å². The Hall–Kier alpha value is -1.53. The van der Waals surface area contributed by atoms with Gasteiger partial charge in [-0.25, -0.2) is 8.78 Å². The van der Waals surface area contributed by atoms with Crippen LogP contribution in [0.3, 0.4) is 0 Å². The average Bonchev–Trinajstić information content (AvgIpc) is 2.36. The van der Waals surface area contributed by atoms with Crippen LogP contribution in [0.25, 0.3) is 0 Å². The monoisotopic (exact) mass is 342 g/mol. The molecule has 0 aliphatic rings. The molecule has 3 N–H and O–H groups in total. The van der Waals surface area contributed by atoms with Gasteiger partial charge in [-0.1, -0.05) is 12.2 Å². The van der Waals surface area contributed by atoms with E-state index in [1.54, 1.807) is 12.1 Å². The minimum absolute atomic E-state index is 0.0691. The van der Waals surface area contributed by atoms with E-state index in [0.29, 0.717) is 21.4 Å².